The van der Waals surface area contributed by atoms with Crippen molar-refractivity contribution in [2.24, 2.45) is 0 Å². The Hall–Kier alpha value is -1.53. The van der Waals surface area contributed by atoms with Gasteiger partial charge in [-0.25, -0.2) is 0 Å². The van der Waals surface area contributed by atoms with E-state index in [0.29, 0.717) is 0 Å². The molecule has 1 aromatic carbocycles. The van der Waals surface area contributed by atoms with E-state index in [4.69, 9.17) is 4.74 Å². The molecule has 0 aliphatic carbocycles. The molecule has 0 saturated carbocycles. The Kier molecular flexibility index (Phi) is 3.93. The van der Waals surface area contributed by atoms with E-state index in [1.165, 1.54) is 0 Å². The highest BCUT2D eigenvalue weighted by molar-refractivity contribution is 9.10. The predicted molar refractivity (Wildman–Crippen MR) is 83.4 cm³/mol. The fraction of sp³-hybridized carbons (Fsp3) is 0.357. The number of H-pyrrole nitrogens is 1. The maximum Gasteiger partial charge on any atom is 0.151 e. The first kappa shape index (κ1) is 13.5. The Balaban J connectivity index is 1.91. The first-order valence-electron chi connectivity index (χ1n) is 6.63. The molecule has 2 heterocycles. The van der Waals surface area contributed by atoms with Gasteiger partial charge >= 0.3 is 0 Å². The number of anilines is 1. The summed E-state index contributed by atoms with van der Waals surface area (Å²) in [4.78, 5) is 2.28. The number of nitrogens with zero attached hydrogens (tertiary/aromatic N) is 2. The molecule has 1 saturated heterocycles. The van der Waals surface area contributed by atoms with Gasteiger partial charge in [0.25, 0.3) is 0 Å². The minimum atomic E-state index is 0.837. The highest BCUT2D eigenvalue weighted by Crippen LogP contribution is 2.32. The lowest BCUT2D eigenvalue weighted by Gasteiger charge is -2.26. The second kappa shape index (κ2) is 5.85. The first-order valence-corrected chi connectivity index (χ1v) is 7.42. The lowest BCUT2D eigenvalue weighted by atomic mass is 10.1. The summed E-state index contributed by atoms with van der Waals surface area (Å²) < 4.78 is 6.44. The second-order valence-electron chi connectivity index (χ2n) is 4.72. The summed E-state index contributed by atoms with van der Waals surface area (Å²) in [6.45, 7) is 3.98. The van der Waals surface area contributed by atoms with Crippen LogP contribution < -0.4 is 15.0 Å². The summed E-state index contributed by atoms with van der Waals surface area (Å²) in [7, 11) is 1.68. The SMILES string of the molecule is COc1ccc(Br)cc1-c1cc(N2CCNCC2)n[nH]1. The predicted octanol–water partition coefficient (Wildman–Crippen LogP) is 2.26. The van der Waals surface area contributed by atoms with Gasteiger partial charge in [0.05, 0.1) is 12.8 Å². The Labute approximate surface area is 126 Å². The molecule has 0 spiro atoms. The van der Waals surface area contributed by atoms with Crippen molar-refractivity contribution in [2.45, 2.75) is 0 Å². The summed E-state index contributed by atoms with van der Waals surface area (Å²) in [6.07, 6.45) is 0. The molecule has 2 N–H and O–H groups in total. The van der Waals surface area contributed by atoms with E-state index in [2.05, 4.69) is 42.4 Å². The molecule has 0 radical (unpaired) electrons. The monoisotopic (exact) mass is 336 g/mol. The van der Waals surface area contributed by atoms with Crippen LogP contribution in [0.2, 0.25) is 0 Å². The number of nitrogens with one attached hydrogen (secondary N) is 2. The number of aromatic nitrogens is 2. The number of ether oxygens (including phenoxy) is 1. The van der Waals surface area contributed by atoms with Crippen LogP contribution in [0.1, 0.15) is 0 Å². The number of hydrogen-bond acceptors (Lipinski definition) is 4. The van der Waals surface area contributed by atoms with Crippen molar-refractivity contribution < 1.29 is 4.74 Å². The van der Waals surface area contributed by atoms with Crippen LogP contribution in [0.15, 0.2) is 28.7 Å². The number of methoxy groups -OCH3 is 1. The van der Waals surface area contributed by atoms with E-state index in [0.717, 1.165) is 53.5 Å². The van der Waals surface area contributed by atoms with Gasteiger partial charge in [-0.3, -0.25) is 5.10 Å². The van der Waals surface area contributed by atoms with Gasteiger partial charge in [0.2, 0.25) is 0 Å². The molecule has 2 aromatic rings. The van der Waals surface area contributed by atoms with Gasteiger partial charge in [-0.2, -0.15) is 5.10 Å². The molecule has 5 nitrogen and oxygen atoms in total. The van der Waals surface area contributed by atoms with Crippen LogP contribution in [0, 0.1) is 0 Å². The van der Waals surface area contributed by atoms with E-state index in [9.17, 15) is 0 Å². The molecule has 6 heteroatoms. The van der Waals surface area contributed by atoms with E-state index < -0.39 is 0 Å². The average molecular weight is 337 g/mol. The molecule has 1 fully saturated rings. The van der Waals surface area contributed by atoms with Gasteiger partial charge < -0.3 is 15.0 Å². The van der Waals surface area contributed by atoms with Crippen LogP contribution in [-0.4, -0.2) is 43.5 Å². The normalized spacial score (nSPS) is 15.4. The maximum absolute atomic E-state index is 5.42. The van der Waals surface area contributed by atoms with Crippen molar-refractivity contribution in [3.8, 4) is 17.0 Å². The lowest BCUT2D eigenvalue weighted by Crippen LogP contribution is -2.43. The molecule has 0 unspecified atom stereocenters. The zero-order chi connectivity index (χ0) is 13.9. The van der Waals surface area contributed by atoms with Gasteiger partial charge in [-0.15, -0.1) is 0 Å². The Morgan fingerprint density at radius 2 is 2.05 bits per heavy atom. The number of rotatable bonds is 3. The van der Waals surface area contributed by atoms with Gasteiger partial charge in [0.15, 0.2) is 5.82 Å². The summed E-state index contributed by atoms with van der Waals surface area (Å²) in [5, 5.41) is 10.9. The molecule has 0 bridgehead atoms. The van der Waals surface area contributed by atoms with Crippen molar-refractivity contribution >= 4 is 21.7 Å². The van der Waals surface area contributed by atoms with Crippen molar-refractivity contribution in [2.75, 3.05) is 38.2 Å². The summed E-state index contributed by atoms with van der Waals surface area (Å²) in [5.74, 6) is 1.83. The fourth-order valence-corrected chi connectivity index (χ4v) is 2.76. The zero-order valence-corrected chi connectivity index (χ0v) is 12.9. The van der Waals surface area contributed by atoms with Gasteiger partial charge in [-0.1, -0.05) is 15.9 Å². The Morgan fingerprint density at radius 1 is 1.25 bits per heavy atom. The molecule has 1 aliphatic heterocycles. The van der Waals surface area contributed by atoms with Gasteiger partial charge in [0, 0.05) is 42.3 Å². The molecule has 106 valence electrons. The van der Waals surface area contributed by atoms with Crippen molar-refractivity contribution in [3.63, 3.8) is 0 Å². The topological polar surface area (TPSA) is 53.2 Å². The minimum absolute atomic E-state index is 0.837. The molecule has 3 rings (SSSR count). The summed E-state index contributed by atoms with van der Waals surface area (Å²) in [6, 6.07) is 8.03. The van der Waals surface area contributed by atoms with Crippen LogP contribution in [-0.2, 0) is 0 Å². The number of hydrogen-bond donors (Lipinski definition) is 2. The smallest absolute Gasteiger partial charge is 0.151 e. The maximum atomic E-state index is 5.42. The van der Waals surface area contributed by atoms with E-state index in [-0.39, 0.29) is 0 Å². The van der Waals surface area contributed by atoms with Gasteiger partial charge in [0.1, 0.15) is 5.75 Å². The number of halogens is 1. The molecule has 0 amide bonds. The quantitative estimate of drug-likeness (QED) is 0.902. The van der Waals surface area contributed by atoms with E-state index >= 15 is 0 Å². The van der Waals surface area contributed by atoms with Crippen molar-refractivity contribution in [3.05, 3.63) is 28.7 Å². The molecule has 1 aromatic heterocycles. The minimum Gasteiger partial charge on any atom is -0.496 e. The van der Waals surface area contributed by atoms with Crippen LogP contribution in [0.5, 0.6) is 5.75 Å². The Bertz CT molecular complexity index is 593. The van der Waals surface area contributed by atoms with Crippen LogP contribution in [0.25, 0.3) is 11.3 Å². The van der Waals surface area contributed by atoms with Crippen LogP contribution >= 0.6 is 15.9 Å². The standard InChI is InChI=1S/C14H17BrN4O/c1-20-13-3-2-10(15)8-11(13)12-9-14(18-17-12)19-6-4-16-5-7-19/h2-3,8-9,16H,4-7H2,1H3,(H,17,18). The van der Waals surface area contributed by atoms with Crippen molar-refractivity contribution in [1.29, 1.82) is 0 Å². The first-order chi connectivity index (χ1) is 9.78. The van der Waals surface area contributed by atoms with Crippen LogP contribution in [0.3, 0.4) is 0 Å². The van der Waals surface area contributed by atoms with Gasteiger partial charge in [-0.05, 0) is 18.2 Å². The average Bonchev–Trinajstić information content (AvgIpc) is 2.98. The third-order valence-corrected chi connectivity index (χ3v) is 3.95. The number of aromatic amines is 1. The third kappa shape index (κ3) is 2.66. The largest absolute Gasteiger partial charge is 0.496 e. The van der Waals surface area contributed by atoms with Crippen LogP contribution in [0.4, 0.5) is 5.82 Å². The lowest BCUT2D eigenvalue weighted by molar-refractivity contribution is 0.416. The Morgan fingerprint density at radius 3 is 2.80 bits per heavy atom. The number of piperazine rings is 1. The molecule has 0 atom stereocenters. The zero-order valence-electron chi connectivity index (χ0n) is 11.3. The van der Waals surface area contributed by atoms with E-state index in [1.807, 2.05) is 18.2 Å². The highest BCUT2D eigenvalue weighted by atomic mass is 79.9. The molecule has 20 heavy (non-hydrogen) atoms. The highest BCUT2D eigenvalue weighted by Gasteiger charge is 2.15. The third-order valence-electron chi connectivity index (χ3n) is 3.46. The second-order valence-corrected chi connectivity index (χ2v) is 5.64. The van der Waals surface area contributed by atoms with E-state index in [1.54, 1.807) is 7.11 Å². The summed E-state index contributed by atoms with van der Waals surface area (Å²) >= 11 is 3.50. The molecular weight excluding hydrogens is 320 g/mol. The van der Waals surface area contributed by atoms with Crippen molar-refractivity contribution in [1.82, 2.24) is 15.5 Å². The molecule has 1 aliphatic rings. The number of benzene rings is 1. The fourth-order valence-electron chi connectivity index (χ4n) is 2.40. The summed E-state index contributed by atoms with van der Waals surface area (Å²) in [5.41, 5.74) is 1.98. The molecular formula is C14H17BrN4O.